The predicted molar refractivity (Wildman–Crippen MR) is 128 cm³/mol. The molecule has 2 N–H and O–H groups in total. The number of carbonyl (C=O) groups is 1. The van der Waals surface area contributed by atoms with E-state index in [1.54, 1.807) is 24.3 Å². The first-order chi connectivity index (χ1) is 15.6. The lowest BCUT2D eigenvalue weighted by molar-refractivity contribution is 0.0600. The molecule has 0 aromatic heterocycles. The van der Waals surface area contributed by atoms with E-state index >= 15 is 0 Å². The molecule has 0 radical (unpaired) electrons. The van der Waals surface area contributed by atoms with Gasteiger partial charge in [0.05, 0.1) is 12.7 Å². The molecule has 6 heteroatoms. The molecule has 4 aromatic rings. The first-order valence-corrected chi connectivity index (χ1v) is 10.4. The Bertz CT molecular complexity index is 1220. The number of ether oxygens (including phenoxy) is 1. The minimum Gasteiger partial charge on any atom is -0.465 e. The summed E-state index contributed by atoms with van der Waals surface area (Å²) < 4.78 is 4.79. The molecule has 160 valence electrons. The third kappa shape index (κ3) is 4.67. The third-order valence-electron chi connectivity index (χ3n) is 5.55. The Morgan fingerprint density at radius 3 is 2.28 bits per heavy atom. The Kier molecular flexibility index (Phi) is 6.54. The predicted octanol–water partition coefficient (Wildman–Crippen LogP) is 3.51. The summed E-state index contributed by atoms with van der Waals surface area (Å²) in [6.45, 7) is 1.06. The van der Waals surface area contributed by atoms with Gasteiger partial charge in [-0.25, -0.2) is 4.79 Å². The molecule has 0 aliphatic heterocycles. The molecular formula is C26H24BNO4. The summed E-state index contributed by atoms with van der Waals surface area (Å²) in [5, 5.41) is 21.9. The molecule has 4 rings (SSSR count). The van der Waals surface area contributed by atoms with E-state index in [0.29, 0.717) is 24.1 Å². The van der Waals surface area contributed by atoms with E-state index in [9.17, 15) is 14.8 Å². The second-order valence-corrected chi connectivity index (χ2v) is 7.62. The largest absolute Gasteiger partial charge is 0.488 e. The van der Waals surface area contributed by atoms with Crippen LogP contribution >= 0.6 is 0 Å². The van der Waals surface area contributed by atoms with Gasteiger partial charge in [0.1, 0.15) is 0 Å². The molecule has 0 saturated heterocycles. The van der Waals surface area contributed by atoms with Crippen LogP contribution in [-0.2, 0) is 17.8 Å². The monoisotopic (exact) mass is 425 g/mol. The Morgan fingerprint density at radius 2 is 1.53 bits per heavy atom. The average molecular weight is 425 g/mol. The van der Waals surface area contributed by atoms with Gasteiger partial charge in [0.2, 0.25) is 0 Å². The molecule has 0 aliphatic carbocycles. The van der Waals surface area contributed by atoms with Crippen molar-refractivity contribution in [3.8, 4) is 0 Å². The number of anilines is 1. The number of fused-ring (bicyclic) bond motifs is 1. The van der Waals surface area contributed by atoms with E-state index in [4.69, 9.17) is 4.74 Å². The lowest BCUT2D eigenvalue weighted by Crippen LogP contribution is -2.35. The molecule has 32 heavy (non-hydrogen) atoms. The fraction of sp³-hybridized carbons (Fsp3) is 0.115. The average Bonchev–Trinajstić information content (AvgIpc) is 2.83. The molecule has 0 heterocycles. The quantitative estimate of drug-likeness (QED) is 0.350. The molecule has 4 aromatic carbocycles. The van der Waals surface area contributed by atoms with Crippen molar-refractivity contribution in [2.24, 2.45) is 0 Å². The lowest BCUT2D eigenvalue weighted by Gasteiger charge is -2.28. The second-order valence-electron chi connectivity index (χ2n) is 7.62. The summed E-state index contributed by atoms with van der Waals surface area (Å²) in [5.74, 6) is -0.367. The molecule has 0 spiro atoms. The summed E-state index contributed by atoms with van der Waals surface area (Å²) in [4.78, 5) is 14.0. The second kappa shape index (κ2) is 9.68. The van der Waals surface area contributed by atoms with Gasteiger partial charge in [0.25, 0.3) is 0 Å². The van der Waals surface area contributed by atoms with Crippen molar-refractivity contribution in [2.45, 2.75) is 13.1 Å². The fourth-order valence-corrected chi connectivity index (χ4v) is 3.93. The molecule has 0 bridgehead atoms. The van der Waals surface area contributed by atoms with E-state index in [1.165, 1.54) is 7.11 Å². The van der Waals surface area contributed by atoms with Gasteiger partial charge in [-0.05, 0) is 40.2 Å². The van der Waals surface area contributed by atoms with Gasteiger partial charge in [-0.1, -0.05) is 72.8 Å². The number of hydrogen-bond acceptors (Lipinski definition) is 5. The van der Waals surface area contributed by atoms with Crippen molar-refractivity contribution in [3.05, 3.63) is 108 Å². The number of methoxy groups -OCH3 is 1. The SMILES string of the molecule is COC(=O)c1ccc(CN(Cc2ccccc2B(O)O)c2cccc3ccccc23)cc1. The highest BCUT2D eigenvalue weighted by Gasteiger charge is 2.19. The lowest BCUT2D eigenvalue weighted by atomic mass is 9.77. The summed E-state index contributed by atoms with van der Waals surface area (Å²) in [6, 6.07) is 29.0. The molecule has 0 amide bonds. The highest BCUT2D eigenvalue weighted by Crippen LogP contribution is 2.29. The van der Waals surface area contributed by atoms with Gasteiger partial charge in [0.15, 0.2) is 0 Å². The summed E-state index contributed by atoms with van der Waals surface area (Å²) >= 11 is 0. The Labute approximate surface area is 187 Å². The van der Waals surface area contributed by atoms with Crippen LogP contribution in [0.2, 0.25) is 0 Å². The van der Waals surface area contributed by atoms with E-state index in [0.717, 1.165) is 27.6 Å². The number of rotatable bonds is 7. The number of hydrogen-bond donors (Lipinski definition) is 2. The summed E-state index contributed by atoms with van der Waals surface area (Å²) in [7, 11) is -0.175. The van der Waals surface area contributed by atoms with Crippen molar-refractivity contribution in [1.82, 2.24) is 0 Å². The first-order valence-electron chi connectivity index (χ1n) is 10.4. The normalized spacial score (nSPS) is 10.7. The van der Waals surface area contributed by atoms with Crippen LogP contribution in [0.15, 0.2) is 91.0 Å². The van der Waals surface area contributed by atoms with Gasteiger partial charge >= 0.3 is 13.1 Å². The molecule has 0 aliphatic rings. The minimum atomic E-state index is -1.54. The van der Waals surface area contributed by atoms with Crippen LogP contribution in [0.25, 0.3) is 10.8 Å². The fourth-order valence-electron chi connectivity index (χ4n) is 3.93. The van der Waals surface area contributed by atoms with Crippen LogP contribution < -0.4 is 10.4 Å². The van der Waals surface area contributed by atoms with E-state index in [2.05, 4.69) is 29.2 Å². The standard InChI is InChI=1S/C26H24BNO4/c1-32-26(29)21-15-13-19(14-16-21)17-28(18-22-8-3-5-11-24(22)27(30)31)25-12-6-9-20-7-2-4-10-23(20)25/h2-16,30-31H,17-18H2,1H3. The van der Waals surface area contributed by atoms with Crippen molar-refractivity contribution in [3.63, 3.8) is 0 Å². The Morgan fingerprint density at radius 1 is 0.844 bits per heavy atom. The molecule has 0 fully saturated rings. The van der Waals surface area contributed by atoms with Gasteiger partial charge in [0, 0.05) is 24.2 Å². The van der Waals surface area contributed by atoms with Crippen LogP contribution in [0.4, 0.5) is 5.69 Å². The summed E-state index contributed by atoms with van der Waals surface area (Å²) in [6.07, 6.45) is 0. The van der Waals surface area contributed by atoms with E-state index < -0.39 is 7.12 Å². The smallest absolute Gasteiger partial charge is 0.465 e. The maximum atomic E-state index is 11.8. The van der Waals surface area contributed by atoms with Crippen molar-refractivity contribution < 1.29 is 19.6 Å². The maximum absolute atomic E-state index is 11.8. The molecule has 0 saturated carbocycles. The number of carbonyl (C=O) groups excluding carboxylic acids is 1. The highest BCUT2D eigenvalue weighted by molar-refractivity contribution is 6.59. The minimum absolute atomic E-state index is 0.367. The number of nitrogens with zero attached hydrogens (tertiary/aromatic N) is 1. The van der Waals surface area contributed by atoms with Crippen LogP contribution in [0.1, 0.15) is 21.5 Å². The van der Waals surface area contributed by atoms with Crippen molar-refractivity contribution in [2.75, 3.05) is 12.0 Å². The topological polar surface area (TPSA) is 70.0 Å². The first kappa shape index (κ1) is 21.6. The van der Waals surface area contributed by atoms with Crippen LogP contribution in [0, 0.1) is 0 Å². The highest BCUT2D eigenvalue weighted by atomic mass is 16.5. The Hall–Kier alpha value is -3.61. The van der Waals surface area contributed by atoms with Crippen molar-refractivity contribution in [1.29, 1.82) is 0 Å². The maximum Gasteiger partial charge on any atom is 0.488 e. The van der Waals surface area contributed by atoms with E-state index in [1.807, 2.05) is 42.5 Å². The zero-order chi connectivity index (χ0) is 22.5. The zero-order valence-electron chi connectivity index (χ0n) is 17.8. The van der Waals surface area contributed by atoms with Crippen LogP contribution in [0.3, 0.4) is 0 Å². The molecule has 0 unspecified atom stereocenters. The molecule has 0 atom stereocenters. The Balaban J connectivity index is 1.74. The van der Waals surface area contributed by atoms with Crippen molar-refractivity contribution >= 4 is 35.0 Å². The van der Waals surface area contributed by atoms with Gasteiger partial charge < -0.3 is 19.7 Å². The summed E-state index contributed by atoms with van der Waals surface area (Å²) in [5.41, 5.74) is 3.89. The van der Waals surface area contributed by atoms with Gasteiger partial charge in [-0.2, -0.15) is 0 Å². The third-order valence-corrected chi connectivity index (χ3v) is 5.55. The zero-order valence-corrected chi connectivity index (χ0v) is 17.8. The van der Waals surface area contributed by atoms with Crippen LogP contribution in [-0.4, -0.2) is 30.2 Å². The van der Waals surface area contributed by atoms with Gasteiger partial charge in [-0.3, -0.25) is 0 Å². The van der Waals surface area contributed by atoms with E-state index in [-0.39, 0.29) is 5.97 Å². The number of benzene rings is 4. The molecular weight excluding hydrogens is 401 g/mol. The van der Waals surface area contributed by atoms with Gasteiger partial charge in [-0.15, -0.1) is 0 Å². The van der Waals surface area contributed by atoms with Crippen LogP contribution in [0.5, 0.6) is 0 Å². The number of esters is 1. The molecule has 5 nitrogen and oxygen atoms in total.